The van der Waals surface area contributed by atoms with Gasteiger partial charge in [0.15, 0.2) is 12.2 Å². The Labute approximate surface area is 556 Å². The van der Waals surface area contributed by atoms with E-state index in [9.17, 15) is 43.2 Å². The predicted molar refractivity (Wildman–Crippen MR) is 367 cm³/mol. The van der Waals surface area contributed by atoms with Crippen molar-refractivity contribution in [2.24, 2.45) is 23.7 Å². The second kappa shape index (κ2) is 61.6. The predicted octanol–water partition coefficient (Wildman–Crippen LogP) is 20.5. The molecule has 0 fully saturated rings. The van der Waals surface area contributed by atoms with Crippen LogP contribution in [0.2, 0.25) is 0 Å². The van der Waals surface area contributed by atoms with E-state index in [1.807, 2.05) is 0 Å². The topological polar surface area (TPSA) is 237 Å². The number of phosphoric acid groups is 2. The Morgan fingerprint density at radius 3 is 0.780 bits per heavy atom. The minimum Gasteiger partial charge on any atom is -0.462 e. The van der Waals surface area contributed by atoms with Crippen molar-refractivity contribution in [1.82, 2.24) is 0 Å². The zero-order valence-corrected chi connectivity index (χ0v) is 61.3. The van der Waals surface area contributed by atoms with Crippen LogP contribution < -0.4 is 0 Å². The van der Waals surface area contributed by atoms with Gasteiger partial charge in [0.25, 0.3) is 0 Å². The molecule has 0 aromatic rings. The van der Waals surface area contributed by atoms with Crippen molar-refractivity contribution in [3.8, 4) is 0 Å². The lowest BCUT2D eigenvalue weighted by Gasteiger charge is -2.21. The summed E-state index contributed by atoms with van der Waals surface area (Å²) in [4.78, 5) is 72.6. The number of unbranched alkanes of at least 4 members (excludes halogenated alkanes) is 33. The maximum absolute atomic E-state index is 13.0. The molecule has 0 heterocycles. The van der Waals surface area contributed by atoms with E-state index in [4.69, 9.17) is 37.0 Å². The summed E-state index contributed by atoms with van der Waals surface area (Å²) in [6, 6.07) is 0. The summed E-state index contributed by atoms with van der Waals surface area (Å²) in [6.07, 6.45) is 44.4. The van der Waals surface area contributed by atoms with Gasteiger partial charge in [0, 0.05) is 25.7 Å². The van der Waals surface area contributed by atoms with Gasteiger partial charge >= 0.3 is 39.5 Å². The molecule has 0 aliphatic heterocycles. The van der Waals surface area contributed by atoms with Crippen LogP contribution in [-0.2, 0) is 65.4 Å². The van der Waals surface area contributed by atoms with Gasteiger partial charge in [-0.2, -0.15) is 0 Å². The minimum atomic E-state index is -4.95. The molecule has 0 bridgehead atoms. The van der Waals surface area contributed by atoms with Crippen molar-refractivity contribution >= 4 is 39.5 Å². The van der Waals surface area contributed by atoms with E-state index in [-0.39, 0.29) is 25.7 Å². The van der Waals surface area contributed by atoms with Crippen molar-refractivity contribution in [1.29, 1.82) is 0 Å². The maximum Gasteiger partial charge on any atom is 0.472 e. The van der Waals surface area contributed by atoms with Crippen LogP contribution in [0.15, 0.2) is 0 Å². The summed E-state index contributed by atoms with van der Waals surface area (Å²) in [7, 11) is -9.91. The summed E-state index contributed by atoms with van der Waals surface area (Å²) >= 11 is 0. The molecule has 5 unspecified atom stereocenters. The quantitative estimate of drug-likeness (QED) is 0.0222. The lowest BCUT2D eigenvalue weighted by Crippen LogP contribution is -2.30. The molecule has 0 rings (SSSR count). The number of carbonyl (C=O) groups is 4. The number of esters is 4. The van der Waals surface area contributed by atoms with Gasteiger partial charge in [0.05, 0.1) is 26.4 Å². The maximum atomic E-state index is 13.0. The average Bonchev–Trinajstić information content (AvgIpc) is 3.49. The third-order valence-corrected chi connectivity index (χ3v) is 19.2. The summed E-state index contributed by atoms with van der Waals surface area (Å²) in [5, 5.41) is 10.6. The molecule has 0 saturated heterocycles. The van der Waals surface area contributed by atoms with Gasteiger partial charge in [-0.15, -0.1) is 0 Å². The van der Waals surface area contributed by atoms with E-state index in [0.717, 1.165) is 114 Å². The average molecular weight is 1340 g/mol. The fourth-order valence-corrected chi connectivity index (χ4v) is 12.4. The molecule has 7 atom stereocenters. The van der Waals surface area contributed by atoms with Gasteiger partial charge in [-0.1, -0.05) is 306 Å². The standard InChI is InChI=1S/C72H140O17P2/c1-9-64(7)50-42-34-26-19-21-29-38-46-54-71(76)88-67(58-82-69(74)52-44-36-28-18-16-14-12-11-13-15-17-24-32-40-48-62(3)4)60-86-90(78,79)84-56-66(73)57-85-91(80,81)87-61-68(59-83-70(75)53-45-37-31-23-25-33-41-49-63(5)6)89-72(77)55-47-39-30-22-20-27-35-43-51-65(8)10-2/h62-68,73H,9-61H2,1-8H3,(H,78,79)(H,80,81)/t64?,65?,66?,67-,68-/m1/s1. The van der Waals surface area contributed by atoms with Gasteiger partial charge in [0.2, 0.25) is 0 Å². The Bertz CT molecular complexity index is 1800. The van der Waals surface area contributed by atoms with Crippen LogP contribution in [0.4, 0.5) is 0 Å². The molecular formula is C72H140O17P2. The van der Waals surface area contributed by atoms with Crippen molar-refractivity contribution in [3.63, 3.8) is 0 Å². The first-order chi connectivity index (χ1) is 43.7. The van der Waals surface area contributed by atoms with E-state index in [1.54, 1.807) is 0 Å². The zero-order valence-electron chi connectivity index (χ0n) is 59.5. The Morgan fingerprint density at radius 1 is 0.308 bits per heavy atom. The van der Waals surface area contributed by atoms with E-state index in [2.05, 4.69) is 55.4 Å². The highest BCUT2D eigenvalue weighted by atomic mass is 31.2. The van der Waals surface area contributed by atoms with Gasteiger partial charge in [-0.3, -0.25) is 37.3 Å². The highest BCUT2D eigenvalue weighted by molar-refractivity contribution is 7.47. The molecule has 540 valence electrons. The highest BCUT2D eigenvalue weighted by Gasteiger charge is 2.30. The third kappa shape index (κ3) is 63.9. The molecule has 0 aliphatic rings. The van der Waals surface area contributed by atoms with E-state index >= 15 is 0 Å². The van der Waals surface area contributed by atoms with Crippen LogP contribution in [0.1, 0.15) is 357 Å². The fraction of sp³-hybridized carbons (Fsp3) is 0.944. The lowest BCUT2D eigenvalue weighted by molar-refractivity contribution is -0.161. The van der Waals surface area contributed by atoms with Crippen LogP contribution in [0, 0.1) is 23.7 Å². The molecule has 0 amide bonds. The number of hydrogen-bond acceptors (Lipinski definition) is 15. The molecule has 0 aliphatic carbocycles. The number of aliphatic hydroxyl groups is 1. The monoisotopic (exact) mass is 1340 g/mol. The van der Waals surface area contributed by atoms with Crippen LogP contribution in [0.25, 0.3) is 0 Å². The molecule has 91 heavy (non-hydrogen) atoms. The molecular weight excluding hydrogens is 1200 g/mol. The molecule has 0 saturated carbocycles. The number of hydrogen-bond donors (Lipinski definition) is 3. The van der Waals surface area contributed by atoms with E-state index < -0.39 is 97.5 Å². The van der Waals surface area contributed by atoms with E-state index in [1.165, 1.54) is 154 Å². The second-order valence-electron chi connectivity index (χ2n) is 27.4. The first-order valence-electron chi connectivity index (χ1n) is 37.3. The minimum absolute atomic E-state index is 0.104. The molecule has 19 heteroatoms. The van der Waals surface area contributed by atoms with E-state index in [0.29, 0.717) is 31.6 Å². The second-order valence-corrected chi connectivity index (χ2v) is 30.3. The van der Waals surface area contributed by atoms with Crippen molar-refractivity contribution < 1.29 is 80.2 Å². The number of rotatable bonds is 69. The van der Waals surface area contributed by atoms with Gasteiger partial charge in [-0.05, 0) is 49.4 Å². The van der Waals surface area contributed by atoms with Crippen LogP contribution in [0.3, 0.4) is 0 Å². The number of carbonyl (C=O) groups excluding carboxylic acids is 4. The Hall–Kier alpha value is -1.94. The zero-order chi connectivity index (χ0) is 67.5. The van der Waals surface area contributed by atoms with Gasteiger partial charge < -0.3 is 33.8 Å². The van der Waals surface area contributed by atoms with Crippen LogP contribution in [0.5, 0.6) is 0 Å². The molecule has 3 N–H and O–H groups in total. The van der Waals surface area contributed by atoms with Crippen LogP contribution >= 0.6 is 15.6 Å². The normalized spacial score (nSPS) is 14.8. The SMILES string of the molecule is CCC(C)CCCCCCCCCCC(=O)O[C@H](COC(=O)CCCCCCCCCCCCCCCCC(C)C)COP(=O)(O)OCC(O)COP(=O)(O)OC[C@@H](COC(=O)CCCCCCCCCC(C)C)OC(=O)CCCCCCCCCCC(C)CC. The number of aliphatic hydroxyl groups excluding tert-OH is 1. The van der Waals surface area contributed by atoms with Crippen molar-refractivity contribution in [2.75, 3.05) is 39.6 Å². The summed E-state index contributed by atoms with van der Waals surface area (Å²) in [6.45, 7) is 14.1. The van der Waals surface area contributed by atoms with Crippen molar-refractivity contribution in [3.05, 3.63) is 0 Å². The highest BCUT2D eigenvalue weighted by Crippen LogP contribution is 2.45. The molecule has 0 aromatic carbocycles. The first kappa shape index (κ1) is 89.1. The molecule has 0 aromatic heterocycles. The lowest BCUT2D eigenvalue weighted by atomic mass is 9.99. The smallest absolute Gasteiger partial charge is 0.462 e. The fourth-order valence-electron chi connectivity index (χ4n) is 10.8. The molecule has 0 radical (unpaired) electrons. The first-order valence-corrected chi connectivity index (χ1v) is 40.3. The number of ether oxygens (including phenoxy) is 4. The molecule has 0 spiro atoms. The van der Waals surface area contributed by atoms with Gasteiger partial charge in [0.1, 0.15) is 19.3 Å². The summed E-state index contributed by atoms with van der Waals surface area (Å²) < 4.78 is 68.3. The number of phosphoric ester groups is 2. The van der Waals surface area contributed by atoms with Crippen LogP contribution in [-0.4, -0.2) is 96.7 Å². The third-order valence-electron chi connectivity index (χ3n) is 17.3. The Balaban J connectivity index is 5.24. The molecule has 17 nitrogen and oxygen atoms in total. The summed E-state index contributed by atoms with van der Waals surface area (Å²) in [5.41, 5.74) is 0. The largest absolute Gasteiger partial charge is 0.472 e. The van der Waals surface area contributed by atoms with Crippen molar-refractivity contribution in [2.45, 2.75) is 375 Å². The Kier molecular flexibility index (Phi) is 60.3. The summed E-state index contributed by atoms with van der Waals surface area (Å²) in [5.74, 6) is 0.914. The Morgan fingerprint density at radius 2 is 0.527 bits per heavy atom. The van der Waals surface area contributed by atoms with Gasteiger partial charge in [-0.25, -0.2) is 9.13 Å².